The summed E-state index contributed by atoms with van der Waals surface area (Å²) in [5, 5.41) is 0. The van der Waals surface area contributed by atoms with Crippen LogP contribution >= 0.6 is 0 Å². The molecule has 1 aliphatic carbocycles. The van der Waals surface area contributed by atoms with E-state index in [9.17, 15) is 0 Å². The lowest BCUT2D eigenvalue weighted by atomic mass is 9.85. The second-order valence-electron chi connectivity index (χ2n) is 12.1. The van der Waals surface area contributed by atoms with Crippen molar-refractivity contribution in [2.45, 2.75) is 72.4 Å². The van der Waals surface area contributed by atoms with Crippen molar-refractivity contribution >= 4 is 0 Å². The molecule has 0 amide bonds. The van der Waals surface area contributed by atoms with E-state index in [1.54, 1.807) is 0 Å². The smallest absolute Gasteiger partial charge is 0.129 e. The molecule has 1 aliphatic rings. The second kappa shape index (κ2) is 12.5. The maximum absolute atomic E-state index is 6.26. The van der Waals surface area contributed by atoms with Crippen molar-refractivity contribution in [2.24, 2.45) is 11.7 Å². The normalized spacial score (nSPS) is 16.2. The molecule has 0 radical (unpaired) electrons. The molecule has 3 rings (SSSR count). The van der Waals surface area contributed by atoms with Crippen molar-refractivity contribution in [3.63, 3.8) is 0 Å². The van der Waals surface area contributed by atoms with Crippen LogP contribution in [0.15, 0.2) is 90.1 Å². The number of rotatable bonds is 11. The topological polar surface area (TPSA) is 53.7 Å². The van der Waals surface area contributed by atoms with Gasteiger partial charge in [-0.1, -0.05) is 82.8 Å². The Bertz CT molecular complexity index is 1200. The Kier molecular flexibility index (Phi) is 9.67. The average Bonchev–Trinajstić information content (AvgIpc) is 2.84. The van der Waals surface area contributed by atoms with E-state index in [2.05, 4.69) is 71.6 Å². The summed E-state index contributed by atoms with van der Waals surface area (Å²) < 4.78 is 18.5. The molecule has 1 unspecified atom stereocenters. The molecule has 0 aromatic heterocycles. The van der Waals surface area contributed by atoms with Gasteiger partial charge in [0.2, 0.25) is 0 Å². The van der Waals surface area contributed by atoms with Crippen LogP contribution in [0.3, 0.4) is 0 Å². The Hall–Kier alpha value is -3.24. The van der Waals surface area contributed by atoms with Crippen molar-refractivity contribution in [3.8, 4) is 17.2 Å². The summed E-state index contributed by atoms with van der Waals surface area (Å²) in [6.45, 7) is 20.2. The SMILES string of the molecule is C=C(/C=C\C1=CC(C)CC=C1C)COc1cccc(OCc2cccc(C(C)(C)C)c2OCC(C)(C)N)c1. The van der Waals surface area contributed by atoms with Gasteiger partial charge in [0, 0.05) is 17.2 Å². The number of hydrogen-bond donors (Lipinski definition) is 1. The van der Waals surface area contributed by atoms with Crippen molar-refractivity contribution < 1.29 is 14.2 Å². The Morgan fingerprint density at radius 1 is 1.03 bits per heavy atom. The molecule has 0 saturated heterocycles. The summed E-state index contributed by atoms with van der Waals surface area (Å²) in [6.07, 6.45) is 9.87. The predicted molar refractivity (Wildman–Crippen MR) is 159 cm³/mol. The highest BCUT2D eigenvalue weighted by Gasteiger charge is 2.23. The van der Waals surface area contributed by atoms with Gasteiger partial charge >= 0.3 is 0 Å². The number of benzene rings is 2. The fourth-order valence-electron chi connectivity index (χ4n) is 4.14. The highest BCUT2D eigenvalue weighted by molar-refractivity contribution is 5.46. The summed E-state index contributed by atoms with van der Waals surface area (Å²) >= 11 is 0. The second-order valence-corrected chi connectivity index (χ2v) is 12.1. The molecular formula is C34H45NO3. The zero-order valence-corrected chi connectivity index (χ0v) is 24.3. The summed E-state index contributed by atoms with van der Waals surface area (Å²) in [5.41, 5.74) is 11.3. The fraction of sp³-hybridized carbons (Fsp3) is 0.412. The molecule has 1 atom stereocenters. The van der Waals surface area contributed by atoms with Gasteiger partial charge in [-0.25, -0.2) is 0 Å². The highest BCUT2D eigenvalue weighted by atomic mass is 16.5. The third-order valence-corrected chi connectivity index (χ3v) is 6.33. The molecule has 0 bridgehead atoms. The lowest BCUT2D eigenvalue weighted by molar-refractivity contribution is 0.228. The maximum Gasteiger partial charge on any atom is 0.129 e. The molecule has 4 heteroatoms. The zero-order chi connectivity index (χ0) is 27.9. The molecule has 2 aromatic rings. The van der Waals surface area contributed by atoms with Gasteiger partial charge in [0.05, 0.1) is 0 Å². The van der Waals surface area contributed by atoms with E-state index < -0.39 is 5.54 Å². The number of para-hydroxylation sites is 1. The quantitative estimate of drug-likeness (QED) is 0.307. The standard InChI is InChI=1S/C34H45NO3/c1-24-15-17-26(3)27(19-24)18-16-25(2)21-36-29-12-10-13-30(20-29)37-22-28-11-9-14-31(33(4,5)6)32(28)38-23-34(7,8)35/h9-14,16-20,24H,2,15,21-23,35H2,1,3-8H3/b18-16-. The first-order chi connectivity index (χ1) is 17.8. The zero-order valence-electron chi connectivity index (χ0n) is 24.3. The van der Waals surface area contributed by atoms with E-state index in [0.717, 1.165) is 40.4 Å². The summed E-state index contributed by atoms with van der Waals surface area (Å²) in [7, 11) is 0. The Balaban J connectivity index is 1.64. The molecule has 0 spiro atoms. The maximum atomic E-state index is 6.26. The third kappa shape index (κ3) is 8.95. The summed E-state index contributed by atoms with van der Waals surface area (Å²) in [4.78, 5) is 0. The van der Waals surface area contributed by atoms with Crippen LogP contribution < -0.4 is 19.9 Å². The van der Waals surface area contributed by atoms with E-state index in [-0.39, 0.29) is 5.41 Å². The number of nitrogens with two attached hydrogens (primary N) is 1. The van der Waals surface area contributed by atoms with Gasteiger partial charge in [0.1, 0.15) is 37.1 Å². The number of hydrogen-bond acceptors (Lipinski definition) is 4. The molecule has 38 heavy (non-hydrogen) atoms. The van der Waals surface area contributed by atoms with E-state index in [4.69, 9.17) is 19.9 Å². The van der Waals surface area contributed by atoms with Crippen molar-refractivity contribution in [1.29, 1.82) is 0 Å². The first kappa shape index (κ1) is 29.3. The molecule has 0 heterocycles. The molecule has 0 fully saturated rings. The van der Waals surface area contributed by atoms with Crippen LogP contribution in [0.1, 0.15) is 66.0 Å². The minimum absolute atomic E-state index is 0.0740. The van der Waals surface area contributed by atoms with Crippen LogP contribution in [-0.4, -0.2) is 18.8 Å². The first-order valence-electron chi connectivity index (χ1n) is 13.5. The minimum atomic E-state index is -0.435. The Morgan fingerprint density at radius 3 is 2.39 bits per heavy atom. The lowest BCUT2D eigenvalue weighted by Gasteiger charge is -2.27. The average molecular weight is 516 g/mol. The van der Waals surface area contributed by atoms with Gasteiger partial charge < -0.3 is 19.9 Å². The monoisotopic (exact) mass is 515 g/mol. The summed E-state index contributed by atoms with van der Waals surface area (Å²) in [6, 6.07) is 13.9. The molecule has 4 nitrogen and oxygen atoms in total. The van der Waals surface area contributed by atoms with Crippen LogP contribution in [0.5, 0.6) is 17.2 Å². The van der Waals surface area contributed by atoms with E-state index in [0.29, 0.717) is 25.7 Å². The molecule has 2 N–H and O–H groups in total. The van der Waals surface area contributed by atoms with Gasteiger partial charge in [0.15, 0.2) is 0 Å². The van der Waals surface area contributed by atoms with E-state index in [1.807, 2.05) is 50.3 Å². The van der Waals surface area contributed by atoms with Crippen LogP contribution in [-0.2, 0) is 12.0 Å². The Labute approximate surface area is 229 Å². The van der Waals surface area contributed by atoms with Crippen molar-refractivity contribution in [1.82, 2.24) is 0 Å². The fourth-order valence-corrected chi connectivity index (χ4v) is 4.14. The molecular weight excluding hydrogens is 470 g/mol. The summed E-state index contributed by atoms with van der Waals surface area (Å²) in [5.74, 6) is 2.89. The van der Waals surface area contributed by atoms with Gasteiger partial charge in [0.25, 0.3) is 0 Å². The highest BCUT2D eigenvalue weighted by Crippen LogP contribution is 2.35. The lowest BCUT2D eigenvalue weighted by Crippen LogP contribution is -2.39. The Morgan fingerprint density at radius 2 is 1.71 bits per heavy atom. The largest absolute Gasteiger partial charge is 0.491 e. The van der Waals surface area contributed by atoms with Gasteiger partial charge in [-0.3, -0.25) is 0 Å². The van der Waals surface area contributed by atoms with Crippen LogP contribution in [0, 0.1) is 5.92 Å². The number of ether oxygens (including phenoxy) is 3. The van der Waals surface area contributed by atoms with Crippen LogP contribution in [0.25, 0.3) is 0 Å². The molecule has 2 aromatic carbocycles. The first-order valence-corrected chi connectivity index (χ1v) is 13.5. The molecule has 0 aliphatic heterocycles. The number of allylic oxidation sites excluding steroid dienone is 5. The molecule has 204 valence electrons. The van der Waals surface area contributed by atoms with Crippen molar-refractivity contribution in [2.75, 3.05) is 13.2 Å². The third-order valence-electron chi connectivity index (χ3n) is 6.33. The van der Waals surface area contributed by atoms with Crippen molar-refractivity contribution in [3.05, 3.63) is 101 Å². The van der Waals surface area contributed by atoms with Crippen LogP contribution in [0.4, 0.5) is 0 Å². The van der Waals surface area contributed by atoms with E-state index >= 15 is 0 Å². The minimum Gasteiger partial charge on any atom is -0.491 e. The molecule has 0 saturated carbocycles. The van der Waals surface area contributed by atoms with Crippen LogP contribution in [0.2, 0.25) is 0 Å². The van der Waals surface area contributed by atoms with E-state index in [1.165, 1.54) is 11.1 Å². The van der Waals surface area contributed by atoms with Gasteiger partial charge in [-0.05, 0) is 72.9 Å². The van der Waals surface area contributed by atoms with Gasteiger partial charge in [-0.2, -0.15) is 0 Å². The predicted octanol–water partition coefficient (Wildman–Crippen LogP) is 8.08. The van der Waals surface area contributed by atoms with Gasteiger partial charge in [-0.15, -0.1) is 0 Å².